The second-order valence-electron chi connectivity index (χ2n) is 11.0. The van der Waals surface area contributed by atoms with E-state index in [0.717, 1.165) is 25.7 Å². The monoisotopic (exact) mass is 493 g/mol. The zero-order chi connectivity index (χ0) is 26.4. The molecule has 2 atom stereocenters. The fourth-order valence-electron chi connectivity index (χ4n) is 5.28. The zero-order valence-electron chi connectivity index (χ0n) is 22.4. The van der Waals surface area contributed by atoms with Gasteiger partial charge in [0.15, 0.2) is 0 Å². The van der Waals surface area contributed by atoms with Crippen molar-refractivity contribution in [3.63, 3.8) is 0 Å². The molecule has 35 heavy (non-hydrogen) atoms. The quantitative estimate of drug-likeness (QED) is 0.164. The molecule has 1 saturated carbocycles. The number of esters is 1. The second kappa shape index (κ2) is 15.1. The molecule has 1 aliphatic rings. The molecule has 0 radical (unpaired) electrons. The van der Waals surface area contributed by atoms with E-state index in [0.29, 0.717) is 39.4 Å². The van der Waals surface area contributed by atoms with Crippen LogP contribution < -0.4 is 5.32 Å². The molecule has 0 aromatic rings. The lowest BCUT2D eigenvalue weighted by molar-refractivity contribution is -0.153. The van der Waals surface area contributed by atoms with Gasteiger partial charge in [-0.05, 0) is 42.4 Å². The Morgan fingerprint density at radius 1 is 0.943 bits per heavy atom. The summed E-state index contributed by atoms with van der Waals surface area (Å²) in [5, 5.41) is 2.87. The molecule has 7 heteroatoms. The third-order valence-corrected chi connectivity index (χ3v) is 6.55. The highest BCUT2D eigenvalue weighted by Gasteiger charge is 2.42. The first-order valence-corrected chi connectivity index (χ1v) is 12.6. The van der Waals surface area contributed by atoms with Crippen molar-refractivity contribution >= 4 is 12.1 Å². The molecule has 2 unspecified atom stereocenters. The summed E-state index contributed by atoms with van der Waals surface area (Å²) in [6.07, 6.45) is 8.31. The van der Waals surface area contributed by atoms with Crippen LogP contribution in [0.5, 0.6) is 0 Å². The first-order chi connectivity index (χ1) is 16.5. The molecular weight excluding hydrogens is 446 g/mol. The van der Waals surface area contributed by atoms with Crippen molar-refractivity contribution in [2.75, 3.05) is 46.2 Å². The van der Waals surface area contributed by atoms with Gasteiger partial charge in [0.05, 0.1) is 31.8 Å². The smallest absolute Gasteiger partial charge is 0.407 e. The molecule has 0 spiro atoms. The van der Waals surface area contributed by atoms with Crippen LogP contribution in [0.4, 0.5) is 4.79 Å². The van der Waals surface area contributed by atoms with Crippen molar-refractivity contribution in [2.24, 2.45) is 22.2 Å². The van der Waals surface area contributed by atoms with E-state index in [1.165, 1.54) is 6.08 Å². The largest absolute Gasteiger partial charge is 0.465 e. The number of carbonyl (C=O) groups is 2. The highest BCUT2D eigenvalue weighted by Crippen LogP contribution is 2.49. The van der Waals surface area contributed by atoms with Gasteiger partial charge in [-0.3, -0.25) is 4.79 Å². The number of amides is 1. The number of carbonyl (C=O) groups excluding carboxylic acids is 2. The van der Waals surface area contributed by atoms with E-state index < -0.39 is 11.5 Å². The average molecular weight is 494 g/mol. The van der Waals surface area contributed by atoms with Crippen molar-refractivity contribution in [1.82, 2.24) is 5.32 Å². The molecule has 200 valence electrons. The summed E-state index contributed by atoms with van der Waals surface area (Å²) in [7, 11) is 0. The van der Waals surface area contributed by atoms with E-state index in [-0.39, 0.29) is 35.9 Å². The maximum absolute atomic E-state index is 12.9. The lowest BCUT2D eigenvalue weighted by Crippen LogP contribution is -2.44. The molecule has 1 aliphatic carbocycles. The maximum atomic E-state index is 12.9. The van der Waals surface area contributed by atoms with Crippen LogP contribution in [0.1, 0.15) is 59.8 Å². The lowest BCUT2D eigenvalue weighted by Gasteiger charge is -2.46. The Kier molecular flexibility index (Phi) is 13.3. The summed E-state index contributed by atoms with van der Waals surface area (Å²) in [6, 6.07) is 0. The van der Waals surface area contributed by atoms with Gasteiger partial charge in [0.25, 0.3) is 0 Å². The highest BCUT2D eigenvalue weighted by atomic mass is 16.5. The van der Waals surface area contributed by atoms with Gasteiger partial charge >= 0.3 is 12.1 Å². The van der Waals surface area contributed by atoms with E-state index in [1.807, 2.05) is 6.92 Å². The Balaban J connectivity index is 2.73. The lowest BCUT2D eigenvalue weighted by atomic mass is 9.60. The Bertz CT molecular complexity index is 690. The van der Waals surface area contributed by atoms with Crippen LogP contribution >= 0.6 is 0 Å². The van der Waals surface area contributed by atoms with Crippen LogP contribution in [0.2, 0.25) is 0 Å². The summed E-state index contributed by atoms with van der Waals surface area (Å²) < 4.78 is 22.3. The number of hydrogen-bond donors (Lipinski definition) is 1. The minimum Gasteiger partial charge on any atom is -0.465 e. The molecule has 0 aromatic carbocycles. The molecular formula is C28H47NO6. The van der Waals surface area contributed by atoms with Crippen molar-refractivity contribution < 1.29 is 28.5 Å². The Hall–Kier alpha value is -2.12. The van der Waals surface area contributed by atoms with Gasteiger partial charge in [0.1, 0.15) is 13.2 Å². The van der Waals surface area contributed by atoms with E-state index in [1.54, 1.807) is 12.2 Å². The fraction of sp³-hybridized carbons (Fsp3) is 0.714. The topological polar surface area (TPSA) is 83.1 Å². The average Bonchev–Trinajstić information content (AvgIpc) is 2.78. The van der Waals surface area contributed by atoms with Gasteiger partial charge < -0.3 is 24.3 Å². The SMILES string of the molecule is C=CCOCC(CC)(COCC=C)COC(=O)CC1CC(C)(C)CC(C)(CNC(=O)OCC=C)C1. The Labute approximate surface area is 212 Å². The summed E-state index contributed by atoms with van der Waals surface area (Å²) in [6.45, 7) is 22.2. The summed E-state index contributed by atoms with van der Waals surface area (Å²) in [5.74, 6) is -0.0361. The van der Waals surface area contributed by atoms with Gasteiger partial charge in [-0.2, -0.15) is 0 Å². The molecule has 1 N–H and O–H groups in total. The standard InChI is InChI=1S/C28H47NO6/c1-8-12-32-20-28(11-4,21-33-13-9-2)22-35-24(30)15-23-16-26(5,6)18-27(7,17-23)19-29-25(31)34-14-10-3/h8-10,23H,1-3,11-22H2,4-7H3,(H,29,31). The Morgan fingerprint density at radius 3 is 2.09 bits per heavy atom. The first-order valence-electron chi connectivity index (χ1n) is 12.6. The van der Waals surface area contributed by atoms with Crippen LogP contribution in [-0.2, 0) is 23.7 Å². The predicted molar refractivity (Wildman–Crippen MR) is 139 cm³/mol. The van der Waals surface area contributed by atoms with Crippen LogP contribution in [-0.4, -0.2) is 58.2 Å². The first kappa shape index (κ1) is 30.9. The normalized spacial score (nSPS) is 21.5. The molecule has 0 aliphatic heterocycles. The number of alkyl carbamates (subject to hydrolysis) is 1. The minimum atomic E-state index is -0.446. The number of rotatable bonds is 17. The number of nitrogens with one attached hydrogen (secondary N) is 1. The van der Waals surface area contributed by atoms with Crippen LogP contribution in [0.15, 0.2) is 38.0 Å². The Morgan fingerprint density at radius 2 is 1.54 bits per heavy atom. The molecule has 0 heterocycles. The molecule has 1 fully saturated rings. The van der Waals surface area contributed by atoms with Gasteiger partial charge in [0, 0.05) is 13.0 Å². The molecule has 0 bridgehead atoms. The van der Waals surface area contributed by atoms with Crippen LogP contribution in [0.3, 0.4) is 0 Å². The summed E-state index contributed by atoms with van der Waals surface area (Å²) in [4.78, 5) is 24.8. The second-order valence-corrected chi connectivity index (χ2v) is 11.0. The van der Waals surface area contributed by atoms with Gasteiger partial charge in [0.2, 0.25) is 0 Å². The zero-order valence-corrected chi connectivity index (χ0v) is 22.4. The summed E-state index contributed by atoms with van der Waals surface area (Å²) in [5.41, 5.74) is -0.503. The number of hydrogen-bond acceptors (Lipinski definition) is 6. The predicted octanol–water partition coefficient (Wildman–Crippen LogP) is 5.47. The van der Waals surface area contributed by atoms with Gasteiger partial charge in [-0.1, -0.05) is 52.5 Å². The molecule has 0 saturated heterocycles. The molecule has 1 amide bonds. The third-order valence-electron chi connectivity index (χ3n) is 6.55. The van der Waals surface area contributed by atoms with Crippen LogP contribution in [0.25, 0.3) is 0 Å². The summed E-state index contributed by atoms with van der Waals surface area (Å²) >= 11 is 0. The maximum Gasteiger partial charge on any atom is 0.407 e. The fourth-order valence-corrected chi connectivity index (χ4v) is 5.28. The molecule has 0 aromatic heterocycles. The van der Waals surface area contributed by atoms with E-state index in [2.05, 4.69) is 45.8 Å². The molecule has 1 rings (SSSR count). The van der Waals surface area contributed by atoms with Crippen molar-refractivity contribution in [3.8, 4) is 0 Å². The van der Waals surface area contributed by atoms with E-state index in [9.17, 15) is 9.59 Å². The number of ether oxygens (including phenoxy) is 4. The van der Waals surface area contributed by atoms with E-state index in [4.69, 9.17) is 18.9 Å². The van der Waals surface area contributed by atoms with E-state index >= 15 is 0 Å². The van der Waals surface area contributed by atoms with Crippen molar-refractivity contribution in [2.45, 2.75) is 59.8 Å². The third kappa shape index (κ3) is 11.9. The van der Waals surface area contributed by atoms with Gasteiger partial charge in [-0.25, -0.2) is 4.79 Å². The van der Waals surface area contributed by atoms with Gasteiger partial charge in [-0.15, -0.1) is 13.2 Å². The molecule has 7 nitrogen and oxygen atoms in total. The van der Waals surface area contributed by atoms with Crippen LogP contribution in [0, 0.1) is 22.2 Å². The van der Waals surface area contributed by atoms with Crippen molar-refractivity contribution in [1.29, 1.82) is 0 Å². The highest BCUT2D eigenvalue weighted by molar-refractivity contribution is 5.69. The van der Waals surface area contributed by atoms with Crippen molar-refractivity contribution in [3.05, 3.63) is 38.0 Å². The minimum absolute atomic E-state index is 0.0505.